The minimum absolute atomic E-state index is 0.672. The molecule has 0 saturated carbocycles. The van der Waals surface area contributed by atoms with Gasteiger partial charge in [-0.1, -0.05) is 31.5 Å². The van der Waals surface area contributed by atoms with E-state index in [1.807, 2.05) is 25.2 Å². The van der Waals surface area contributed by atoms with Crippen LogP contribution in [-0.4, -0.2) is 5.71 Å². The molecule has 0 amide bonds. The highest BCUT2D eigenvalue weighted by molar-refractivity contribution is 5.95. The van der Waals surface area contributed by atoms with E-state index >= 15 is 0 Å². The van der Waals surface area contributed by atoms with Crippen LogP contribution in [0.15, 0.2) is 29.1 Å². The molecule has 1 aliphatic heterocycles. The van der Waals surface area contributed by atoms with Gasteiger partial charge in [0.05, 0.1) is 5.71 Å². The first-order valence-corrected chi connectivity index (χ1v) is 4.81. The summed E-state index contributed by atoms with van der Waals surface area (Å²) in [6.07, 6.45) is 8.10. The zero-order valence-corrected chi connectivity index (χ0v) is 8.58. The Morgan fingerprint density at radius 3 is 3.00 bits per heavy atom. The van der Waals surface area contributed by atoms with Gasteiger partial charge in [0.1, 0.15) is 5.76 Å². The fraction of sp³-hybridized carbons (Fsp3) is 0.545. The highest BCUT2D eigenvalue weighted by Crippen LogP contribution is 2.11. The van der Waals surface area contributed by atoms with Crippen LogP contribution >= 0.6 is 0 Å². The van der Waals surface area contributed by atoms with Crippen LogP contribution in [0.1, 0.15) is 33.6 Å². The van der Waals surface area contributed by atoms with Crippen LogP contribution in [0.25, 0.3) is 0 Å². The minimum Gasteiger partial charge on any atom is -0.362 e. The molecule has 0 N–H and O–H groups in total. The summed E-state index contributed by atoms with van der Waals surface area (Å²) in [5.74, 6) is 1.51. The zero-order valence-electron chi connectivity index (χ0n) is 8.58. The molecule has 0 radical (unpaired) electrons. The fourth-order valence-electron chi connectivity index (χ4n) is 1.09. The molecule has 0 aromatic heterocycles. The lowest BCUT2D eigenvalue weighted by Gasteiger charge is -2.06. The summed E-state index contributed by atoms with van der Waals surface area (Å²) in [5.41, 5.74) is 1.03. The molecular weight excluding hydrogens is 162 g/mol. The Morgan fingerprint density at radius 2 is 2.31 bits per heavy atom. The Bertz CT molecular complexity index is 251. The molecular formula is C11H17NO. The zero-order chi connectivity index (χ0) is 9.68. The largest absolute Gasteiger partial charge is 0.362 e. The minimum atomic E-state index is 0.672. The lowest BCUT2D eigenvalue weighted by molar-refractivity contribution is 0.229. The second-order valence-electron chi connectivity index (χ2n) is 3.53. The summed E-state index contributed by atoms with van der Waals surface area (Å²) in [4.78, 5) is 5.15. The van der Waals surface area contributed by atoms with Gasteiger partial charge in [0, 0.05) is 0 Å². The molecule has 0 spiro atoms. The molecule has 1 aliphatic rings. The number of hydrogen-bond acceptors (Lipinski definition) is 2. The number of oxime groups is 1. The highest BCUT2D eigenvalue weighted by atomic mass is 16.6. The molecule has 72 valence electrons. The molecule has 0 aliphatic carbocycles. The van der Waals surface area contributed by atoms with Crippen LogP contribution in [0.4, 0.5) is 0 Å². The van der Waals surface area contributed by atoms with Crippen molar-refractivity contribution in [1.29, 1.82) is 0 Å². The topological polar surface area (TPSA) is 21.6 Å². The number of allylic oxidation sites excluding steroid dienone is 4. The average Bonchev–Trinajstić information content (AvgIpc) is 2.31. The highest BCUT2D eigenvalue weighted by Gasteiger charge is 2.04. The SMILES string of the molecule is CC[C@H](C)CC1=NOC(C)=CC=C1. The standard InChI is InChI=1S/C11H17NO/c1-4-9(2)8-11-7-5-6-10(3)13-12-11/h5-7,9H,4,8H2,1-3H3/t9-/m0/s1. The van der Waals surface area contributed by atoms with E-state index in [-0.39, 0.29) is 0 Å². The van der Waals surface area contributed by atoms with E-state index in [1.165, 1.54) is 6.42 Å². The van der Waals surface area contributed by atoms with E-state index in [1.54, 1.807) is 0 Å². The predicted octanol–water partition coefficient (Wildman–Crippen LogP) is 3.27. The quantitative estimate of drug-likeness (QED) is 0.651. The molecule has 0 aromatic carbocycles. The second kappa shape index (κ2) is 4.85. The maximum atomic E-state index is 5.15. The van der Waals surface area contributed by atoms with E-state index in [9.17, 15) is 0 Å². The normalized spacial score (nSPS) is 18.4. The molecule has 1 atom stereocenters. The monoisotopic (exact) mass is 179 g/mol. The number of hydrogen-bond donors (Lipinski definition) is 0. The van der Waals surface area contributed by atoms with Crippen molar-refractivity contribution in [2.24, 2.45) is 11.1 Å². The van der Waals surface area contributed by atoms with Crippen LogP contribution < -0.4 is 0 Å². The van der Waals surface area contributed by atoms with Gasteiger partial charge >= 0.3 is 0 Å². The molecule has 0 saturated heterocycles. The molecule has 1 heterocycles. The van der Waals surface area contributed by atoms with Gasteiger partial charge in [0.2, 0.25) is 0 Å². The first-order valence-electron chi connectivity index (χ1n) is 4.81. The Hall–Kier alpha value is -1.05. The first-order chi connectivity index (χ1) is 6.22. The van der Waals surface area contributed by atoms with Gasteiger partial charge in [-0.2, -0.15) is 0 Å². The summed E-state index contributed by atoms with van der Waals surface area (Å²) in [6, 6.07) is 0. The number of rotatable bonds is 3. The van der Waals surface area contributed by atoms with Crippen molar-refractivity contribution in [3.8, 4) is 0 Å². The van der Waals surface area contributed by atoms with Crippen LogP contribution in [0.5, 0.6) is 0 Å². The molecule has 1 rings (SSSR count). The lowest BCUT2D eigenvalue weighted by Crippen LogP contribution is -2.02. The average molecular weight is 179 g/mol. The summed E-state index contributed by atoms with van der Waals surface area (Å²) < 4.78 is 0. The molecule has 2 heteroatoms. The van der Waals surface area contributed by atoms with Gasteiger partial charge < -0.3 is 4.84 Å². The van der Waals surface area contributed by atoms with Crippen molar-refractivity contribution < 1.29 is 4.84 Å². The summed E-state index contributed by atoms with van der Waals surface area (Å²) in [7, 11) is 0. The van der Waals surface area contributed by atoms with Gasteiger partial charge in [-0.15, -0.1) is 0 Å². The third kappa shape index (κ3) is 3.45. The van der Waals surface area contributed by atoms with Crippen molar-refractivity contribution in [1.82, 2.24) is 0 Å². The van der Waals surface area contributed by atoms with Gasteiger partial charge in [-0.05, 0) is 31.4 Å². The molecule has 0 bridgehead atoms. The smallest absolute Gasteiger partial charge is 0.131 e. The Balaban J connectivity index is 2.53. The number of nitrogens with zero attached hydrogens (tertiary/aromatic N) is 1. The van der Waals surface area contributed by atoms with Crippen LogP contribution in [0.3, 0.4) is 0 Å². The Morgan fingerprint density at radius 1 is 1.54 bits per heavy atom. The van der Waals surface area contributed by atoms with Gasteiger partial charge in [-0.3, -0.25) is 0 Å². The second-order valence-corrected chi connectivity index (χ2v) is 3.53. The molecule has 2 nitrogen and oxygen atoms in total. The van der Waals surface area contributed by atoms with Crippen LogP contribution in [-0.2, 0) is 4.84 Å². The third-order valence-electron chi connectivity index (χ3n) is 2.18. The van der Waals surface area contributed by atoms with E-state index in [4.69, 9.17) is 4.84 Å². The molecule has 0 fully saturated rings. The van der Waals surface area contributed by atoms with E-state index in [2.05, 4.69) is 19.0 Å². The molecule has 13 heavy (non-hydrogen) atoms. The Labute approximate surface area is 80.0 Å². The van der Waals surface area contributed by atoms with E-state index in [0.29, 0.717) is 5.92 Å². The van der Waals surface area contributed by atoms with Crippen molar-refractivity contribution in [3.63, 3.8) is 0 Å². The van der Waals surface area contributed by atoms with Crippen molar-refractivity contribution >= 4 is 5.71 Å². The van der Waals surface area contributed by atoms with Crippen molar-refractivity contribution in [2.45, 2.75) is 33.6 Å². The van der Waals surface area contributed by atoms with Crippen LogP contribution in [0.2, 0.25) is 0 Å². The van der Waals surface area contributed by atoms with Gasteiger partial charge in [0.15, 0.2) is 0 Å². The van der Waals surface area contributed by atoms with Crippen LogP contribution in [0, 0.1) is 5.92 Å². The molecule has 0 aromatic rings. The first kappa shape index (κ1) is 10.0. The fourth-order valence-corrected chi connectivity index (χ4v) is 1.09. The maximum Gasteiger partial charge on any atom is 0.131 e. The van der Waals surface area contributed by atoms with Crippen molar-refractivity contribution in [2.75, 3.05) is 0 Å². The maximum absolute atomic E-state index is 5.15. The van der Waals surface area contributed by atoms with E-state index < -0.39 is 0 Å². The summed E-state index contributed by atoms with van der Waals surface area (Å²) in [5, 5.41) is 4.05. The Kier molecular flexibility index (Phi) is 3.74. The predicted molar refractivity (Wildman–Crippen MR) is 55.5 cm³/mol. The van der Waals surface area contributed by atoms with Crippen molar-refractivity contribution in [3.05, 3.63) is 24.0 Å². The lowest BCUT2D eigenvalue weighted by atomic mass is 10.0. The van der Waals surface area contributed by atoms with Gasteiger partial charge in [0.25, 0.3) is 0 Å². The van der Waals surface area contributed by atoms with E-state index in [0.717, 1.165) is 17.9 Å². The van der Waals surface area contributed by atoms with Gasteiger partial charge in [-0.25, -0.2) is 0 Å². The third-order valence-corrected chi connectivity index (χ3v) is 2.18. The molecule has 0 unspecified atom stereocenters. The summed E-state index contributed by atoms with van der Waals surface area (Å²) in [6.45, 7) is 6.32. The summed E-state index contributed by atoms with van der Waals surface area (Å²) >= 11 is 0.